The van der Waals surface area contributed by atoms with Gasteiger partial charge in [-0.2, -0.15) is 4.98 Å². The van der Waals surface area contributed by atoms with Crippen molar-refractivity contribution in [1.82, 2.24) is 18.7 Å². The molecule has 10 heteroatoms. The van der Waals surface area contributed by atoms with E-state index in [4.69, 9.17) is 11.6 Å². The summed E-state index contributed by atoms with van der Waals surface area (Å²) in [5.41, 5.74) is -0.155. The Balaban J connectivity index is 1.98. The zero-order valence-electron chi connectivity index (χ0n) is 14.4. The number of rotatable bonds is 3. The second-order valence-electron chi connectivity index (χ2n) is 6.32. The number of aromatic nitrogens is 4. The predicted octanol–water partition coefficient (Wildman–Crippen LogP) is -0.158. The summed E-state index contributed by atoms with van der Waals surface area (Å²) in [6, 6.07) is 7.23. The van der Waals surface area contributed by atoms with Crippen LogP contribution in [-0.2, 0) is 24.9 Å². The Bertz CT molecular complexity index is 1180. The number of halogens is 1. The minimum atomic E-state index is -1.50. The number of aryl methyl sites for hydroxylation is 2. The van der Waals surface area contributed by atoms with Crippen LogP contribution in [0.25, 0.3) is 11.2 Å². The van der Waals surface area contributed by atoms with Gasteiger partial charge < -0.3 is 19.4 Å². The van der Waals surface area contributed by atoms with Gasteiger partial charge in [0.2, 0.25) is 5.95 Å². The van der Waals surface area contributed by atoms with Crippen molar-refractivity contribution in [2.75, 3.05) is 11.4 Å². The summed E-state index contributed by atoms with van der Waals surface area (Å²) in [5.74, 6) is -0.980. The van der Waals surface area contributed by atoms with E-state index in [2.05, 4.69) is 4.98 Å². The number of carboxylic acid groups (broad SMARTS) is 1. The fraction of sp³-hybridized carbons (Fsp3) is 0.294. The molecule has 0 spiro atoms. The topological polar surface area (TPSA) is 105 Å². The van der Waals surface area contributed by atoms with Crippen LogP contribution in [0.5, 0.6) is 0 Å². The summed E-state index contributed by atoms with van der Waals surface area (Å²) >= 11 is 5.96. The van der Waals surface area contributed by atoms with E-state index in [1.165, 1.54) is 11.6 Å². The molecule has 0 N–H and O–H groups in total. The number of nitrogens with zero attached hydrogens (tertiary/aromatic N) is 5. The zero-order chi connectivity index (χ0) is 19.3. The molecule has 0 aliphatic carbocycles. The van der Waals surface area contributed by atoms with E-state index in [0.717, 1.165) is 12.1 Å². The van der Waals surface area contributed by atoms with Gasteiger partial charge in [0, 0.05) is 30.8 Å². The highest BCUT2D eigenvalue weighted by atomic mass is 35.5. The number of carbonyl (C=O) groups excluding carboxylic acids is 1. The third kappa shape index (κ3) is 2.71. The third-order valence-corrected chi connectivity index (χ3v) is 4.89. The van der Waals surface area contributed by atoms with Gasteiger partial charge in [0.25, 0.3) is 5.56 Å². The highest BCUT2D eigenvalue weighted by Crippen LogP contribution is 2.31. The van der Waals surface area contributed by atoms with Gasteiger partial charge in [-0.25, -0.2) is 4.79 Å². The summed E-state index contributed by atoms with van der Waals surface area (Å²) in [7, 11) is 1.46. The maximum absolute atomic E-state index is 12.8. The molecule has 0 amide bonds. The SMILES string of the molecule is Cn1c(=O)n(CC(=O)[O-])c(=O)c2c1nc1n2CCCN1c1ccc(Cl)cc1. The first kappa shape index (κ1) is 17.3. The molecule has 27 heavy (non-hydrogen) atoms. The van der Waals surface area contributed by atoms with Crippen LogP contribution in [-0.4, -0.2) is 31.2 Å². The summed E-state index contributed by atoms with van der Waals surface area (Å²) < 4.78 is 3.57. The first-order valence-corrected chi connectivity index (χ1v) is 8.69. The van der Waals surface area contributed by atoms with Crippen LogP contribution in [0.2, 0.25) is 5.02 Å². The van der Waals surface area contributed by atoms with Crippen LogP contribution >= 0.6 is 11.6 Å². The maximum Gasteiger partial charge on any atom is 0.332 e. The maximum atomic E-state index is 12.8. The minimum absolute atomic E-state index is 0.201. The molecule has 9 nitrogen and oxygen atoms in total. The number of imidazole rings is 1. The fourth-order valence-corrected chi connectivity index (χ4v) is 3.52. The lowest BCUT2D eigenvalue weighted by atomic mass is 10.2. The molecule has 0 atom stereocenters. The van der Waals surface area contributed by atoms with Gasteiger partial charge in [0.05, 0.1) is 12.5 Å². The molecule has 0 fully saturated rings. The number of hydrogen-bond donors (Lipinski definition) is 0. The first-order valence-electron chi connectivity index (χ1n) is 8.31. The van der Waals surface area contributed by atoms with Crippen molar-refractivity contribution < 1.29 is 9.90 Å². The zero-order valence-corrected chi connectivity index (χ0v) is 15.1. The second kappa shape index (κ2) is 6.27. The normalized spacial score (nSPS) is 13.8. The summed E-state index contributed by atoms with van der Waals surface area (Å²) in [6.45, 7) is 0.420. The Kier molecular flexibility index (Phi) is 4.03. The van der Waals surface area contributed by atoms with Crippen LogP contribution in [0.1, 0.15) is 6.42 Å². The first-order chi connectivity index (χ1) is 12.9. The van der Waals surface area contributed by atoms with Crippen molar-refractivity contribution >= 4 is 40.4 Å². The molecule has 2 aromatic heterocycles. The van der Waals surface area contributed by atoms with Gasteiger partial charge in [-0.15, -0.1) is 0 Å². The molecule has 0 saturated heterocycles. The molecule has 140 valence electrons. The number of hydrogen-bond acceptors (Lipinski definition) is 6. The second-order valence-corrected chi connectivity index (χ2v) is 6.76. The average Bonchev–Trinajstić information content (AvgIpc) is 3.04. The van der Waals surface area contributed by atoms with Gasteiger partial charge in [0.1, 0.15) is 0 Å². The van der Waals surface area contributed by atoms with Crippen molar-refractivity contribution in [3.8, 4) is 0 Å². The van der Waals surface area contributed by atoms with Gasteiger partial charge in [-0.1, -0.05) is 11.6 Å². The molecule has 0 unspecified atom stereocenters. The lowest BCUT2D eigenvalue weighted by molar-refractivity contribution is -0.306. The molecule has 1 aliphatic heterocycles. The molecule has 1 aliphatic rings. The molecule has 1 aromatic carbocycles. The molecule has 0 bridgehead atoms. The number of benzene rings is 1. The van der Waals surface area contributed by atoms with Gasteiger partial charge in [0.15, 0.2) is 11.2 Å². The largest absolute Gasteiger partial charge is 0.548 e. The van der Waals surface area contributed by atoms with Gasteiger partial charge in [-0.3, -0.25) is 13.9 Å². The number of carbonyl (C=O) groups is 1. The molecule has 4 rings (SSSR count). The Morgan fingerprint density at radius 2 is 1.93 bits per heavy atom. The fourth-order valence-electron chi connectivity index (χ4n) is 3.40. The van der Waals surface area contributed by atoms with Crippen LogP contribution in [0.15, 0.2) is 33.9 Å². The third-order valence-electron chi connectivity index (χ3n) is 4.64. The van der Waals surface area contributed by atoms with Crippen molar-refractivity contribution in [2.45, 2.75) is 19.5 Å². The highest BCUT2D eigenvalue weighted by Gasteiger charge is 2.26. The van der Waals surface area contributed by atoms with Gasteiger partial charge in [-0.05, 0) is 30.7 Å². The van der Waals surface area contributed by atoms with E-state index < -0.39 is 23.8 Å². The van der Waals surface area contributed by atoms with Crippen LogP contribution in [0.3, 0.4) is 0 Å². The lowest BCUT2D eigenvalue weighted by Gasteiger charge is -2.29. The van der Waals surface area contributed by atoms with Crippen LogP contribution in [0, 0.1) is 0 Å². The molecule has 0 saturated carbocycles. The monoisotopic (exact) mass is 388 g/mol. The Labute approximate surface area is 157 Å². The van der Waals surface area contributed by atoms with E-state index in [-0.39, 0.29) is 11.2 Å². The molecule has 3 heterocycles. The summed E-state index contributed by atoms with van der Waals surface area (Å²) in [5, 5.41) is 11.6. The van der Waals surface area contributed by atoms with E-state index in [1.54, 1.807) is 16.7 Å². The van der Waals surface area contributed by atoms with Crippen LogP contribution in [0.4, 0.5) is 11.6 Å². The average molecular weight is 389 g/mol. The Morgan fingerprint density at radius 1 is 1.22 bits per heavy atom. The molecular weight excluding hydrogens is 374 g/mol. The highest BCUT2D eigenvalue weighted by molar-refractivity contribution is 6.30. The summed E-state index contributed by atoms with van der Waals surface area (Å²) in [6.07, 6.45) is 0.754. The molecular formula is C17H15ClN5O4-. The van der Waals surface area contributed by atoms with E-state index in [1.807, 2.05) is 17.0 Å². The van der Waals surface area contributed by atoms with E-state index in [9.17, 15) is 19.5 Å². The lowest BCUT2D eigenvalue weighted by Crippen LogP contribution is -2.44. The predicted molar refractivity (Wildman–Crippen MR) is 97.3 cm³/mol. The summed E-state index contributed by atoms with van der Waals surface area (Å²) in [4.78, 5) is 42.6. The number of aliphatic carboxylic acids is 1. The Hall–Kier alpha value is -3.07. The van der Waals surface area contributed by atoms with Crippen molar-refractivity contribution in [3.63, 3.8) is 0 Å². The van der Waals surface area contributed by atoms with Crippen molar-refractivity contribution in [2.24, 2.45) is 7.05 Å². The standard InChI is InChI=1S/C17H16ClN5O4/c1-20-14-13(15(26)23(17(20)27)9-12(24)25)22-8-2-7-21(16(22)19-14)11-5-3-10(18)4-6-11/h3-6H,2,7-9H2,1H3,(H,24,25)/p-1. The van der Waals surface area contributed by atoms with E-state index >= 15 is 0 Å². The number of anilines is 2. The minimum Gasteiger partial charge on any atom is -0.548 e. The number of fused-ring (bicyclic) bond motifs is 3. The van der Waals surface area contributed by atoms with Crippen LogP contribution < -0.4 is 21.3 Å². The molecule has 3 aromatic rings. The quantitative estimate of drug-likeness (QED) is 0.617. The van der Waals surface area contributed by atoms with Crippen molar-refractivity contribution in [3.05, 3.63) is 50.1 Å². The van der Waals surface area contributed by atoms with E-state index in [0.29, 0.717) is 28.6 Å². The number of carboxylic acids is 1. The molecule has 0 radical (unpaired) electrons. The van der Waals surface area contributed by atoms with Gasteiger partial charge >= 0.3 is 5.69 Å². The van der Waals surface area contributed by atoms with Crippen molar-refractivity contribution in [1.29, 1.82) is 0 Å². The smallest absolute Gasteiger partial charge is 0.332 e. The Morgan fingerprint density at radius 3 is 2.59 bits per heavy atom.